The molecule has 5 heteroatoms. The molecule has 2 atom stereocenters. The summed E-state index contributed by atoms with van der Waals surface area (Å²) in [6.07, 6.45) is 5.68. The standard InChI is InChI=1S/C15H25N3O2/c1-3-19-15(7-5-4-6-8-15)14-17-13(20-18-14)12-10-16-9-11(12)2/h11-12,16H,3-10H2,1-2H3/t11-,12-/m1/s1. The Kier molecular flexibility index (Phi) is 4.08. The van der Waals surface area contributed by atoms with Gasteiger partial charge in [0.1, 0.15) is 5.60 Å². The Bertz CT molecular complexity index is 435. The molecule has 1 saturated carbocycles. The summed E-state index contributed by atoms with van der Waals surface area (Å²) in [6, 6.07) is 0. The second kappa shape index (κ2) is 5.82. The van der Waals surface area contributed by atoms with Crippen molar-refractivity contribution in [2.75, 3.05) is 19.7 Å². The fourth-order valence-corrected chi connectivity index (χ4v) is 3.54. The van der Waals surface area contributed by atoms with E-state index in [1.807, 2.05) is 6.92 Å². The summed E-state index contributed by atoms with van der Waals surface area (Å²) in [4.78, 5) is 4.71. The summed E-state index contributed by atoms with van der Waals surface area (Å²) in [6.45, 7) is 6.93. The molecule has 0 radical (unpaired) electrons. The second-order valence-electron chi connectivity index (χ2n) is 6.19. The zero-order chi connectivity index (χ0) is 14.0. The Hall–Kier alpha value is -0.940. The van der Waals surface area contributed by atoms with Crippen molar-refractivity contribution in [3.05, 3.63) is 11.7 Å². The van der Waals surface area contributed by atoms with Crippen LogP contribution in [0.3, 0.4) is 0 Å². The quantitative estimate of drug-likeness (QED) is 0.918. The molecule has 1 saturated heterocycles. The van der Waals surface area contributed by atoms with E-state index < -0.39 is 0 Å². The molecule has 20 heavy (non-hydrogen) atoms. The van der Waals surface area contributed by atoms with Crippen LogP contribution < -0.4 is 5.32 Å². The predicted octanol–water partition coefficient (Wildman–Crippen LogP) is 2.59. The predicted molar refractivity (Wildman–Crippen MR) is 75.5 cm³/mol. The Morgan fingerprint density at radius 3 is 2.75 bits per heavy atom. The SMILES string of the molecule is CCOC1(c2noc([C@@H]3CNC[C@H]3C)n2)CCCCC1. The summed E-state index contributed by atoms with van der Waals surface area (Å²) >= 11 is 0. The molecule has 1 N–H and O–H groups in total. The summed E-state index contributed by atoms with van der Waals surface area (Å²) < 4.78 is 11.6. The lowest BCUT2D eigenvalue weighted by Crippen LogP contribution is -2.33. The molecule has 0 amide bonds. The molecule has 1 aliphatic heterocycles. The smallest absolute Gasteiger partial charge is 0.231 e. The zero-order valence-electron chi connectivity index (χ0n) is 12.5. The van der Waals surface area contributed by atoms with E-state index in [1.54, 1.807) is 0 Å². The molecule has 0 unspecified atom stereocenters. The second-order valence-corrected chi connectivity index (χ2v) is 6.19. The zero-order valence-corrected chi connectivity index (χ0v) is 12.5. The van der Waals surface area contributed by atoms with E-state index >= 15 is 0 Å². The minimum absolute atomic E-state index is 0.302. The molecule has 2 fully saturated rings. The van der Waals surface area contributed by atoms with Crippen LogP contribution in [0.2, 0.25) is 0 Å². The molecule has 112 valence electrons. The van der Waals surface area contributed by atoms with Gasteiger partial charge in [-0.05, 0) is 32.2 Å². The molecule has 2 aliphatic rings. The van der Waals surface area contributed by atoms with Crippen LogP contribution in [-0.4, -0.2) is 29.8 Å². The van der Waals surface area contributed by atoms with Crippen LogP contribution >= 0.6 is 0 Å². The normalized spacial score (nSPS) is 29.7. The first-order valence-electron chi connectivity index (χ1n) is 7.94. The monoisotopic (exact) mass is 279 g/mol. The minimum Gasteiger partial charge on any atom is -0.367 e. The molecule has 0 spiro atoms. The van der Waals surface area contributed by atoms with Crippen LogP contribution in [0.4, 0.5) is 0 Å². The van der Waals surface area contributed by atoms with Gasteiger partial charge in [-0.25, -0.2) is 0 Å². The van der Waals surface area contributed by atoms with Gasteiger partial charge in [-0.1, -0.05) is 31.3 Å². The third-order valence-electron chi connectivity index (χ3n) is 4.77. The van der Waals surface area contributed by atoms with Crippen LogP contribution in [0.25, 0.3) is 0 Å². The number of aromatic nitrogens is 2. The number of hydrogen-bond acceptors (Lipinski definition) is 5. The molecule has 2 heterocycles. The molecule has 0 bridgehead atoms. The lowest BCUT2D eigenvalue weighted by molar-refractivity contribution is -0.0777. The van der Waals surface area contributed by atoms with Gasteiger partial charge in [0.2, 0.25) is 11.7 Å². The molecule has 3 rings (SSSR count). The van der Waals surface area contributed by atoms with E-state index in [0.717, 1.165) is 37.6 Å². The maximum Gasteiger partial charge on any atom is 0.231 e. The number of rotatable bonds is 4. The van der Waals surface area contributed by atoms with Crippen LogP contribution in [-0.2, 0) is 10.3 Å². The van der Waals surface area contributed by atoms with Gasteiger partial charge in [0.05, 0.1) is 5.92 Å². The topological polar surface area (TPSA) is 60.2 Å². The molecular weight excluding hydrogens is 254 g/mol. The summed E-state index contributed by atoms with van der Waals surface area (Å²) in [5.74, 6) is 2.45. The Labute approximate surface area is 120 Å². The summed E-state index contributed by atoms with van der Waals surface area (Å²) in [5.41, 5.74) is -0.302. The van der Waals surface area contributed by atoms with Crippen LogP contribution in [0.5, 0.6) is 0 Å². The molecule has 1 aliphatic carbocycles. The van der Waals surface area contributed by atoms with Crippen LogP contribution in [0.1, 0.15) is 63.6 Å². The van der Waals surface area contributed by atoms with Gasteiger partial charge in [-0.15, -0.1) is 0 Å². The summed E-state index contributed by atoms with van der Waals surface area (Å²) in [5, 5.41) is 7.66. The van der Waals surface area contributed by atoms with Crippen molar-refractivity contribution in [2.24, 2.45) is 5.92 Å². The summed E-state index contributed by atoms with van der Waals surface area (Å²) in [7, 11) is 0. The van der Waals surface area contributed by atoms with Crippen molar-refractivity contribution in [3.8, 4) is 0 Å². The highest BCUT2D eigenvalue weighted by Gasteiger charge is 2.40. The lowest BCUT2D eigenvalue weighted by atomic mass is 9.84. The van der Waals surface area contributed by atoms with Gasteiger partial charge < -0.3 is 14.6 Å². The van der Waals surface area contributed by atoms with Gasteiger partial charge in [0.15, 0.2) is 0 Å². The van der Waals surface area contributed by atoms with Gasteiger partial charge >= 0.3 is 0 Å². The van der Waals surface area contributed by atoms with Crippen molar-refractivity contribution >= 4 is 0 Å². The van der Waals surface area contributed by atoms with Crippen molar-refractivity contribution in [1.82, 2.24) is 15.5 Å². The first-order chi connectivity index (χ1) is 9.75. The number of nitrogens with zero attached hydrogens (tertiary/aromatic N) is 2. The number of nitrogens with one attached hydrogen (secondary N) is 1. The number of hydrogen-bond donors (Lipinski definition) is 1. The van der Waals surface area contributed by atoms with Crippen molar-refractivity contribution < 1.29 is 9.26 Å². The highest BCUT2D eigenvalue weighted by molar-refractivity contribution is 5.07. The third-order valence-corrected chi connectivity index (χ3v) is 4.77. The molecular formula is C15H25N3O2. The Morgan fingerprint density at radius 1 is 1.30 bits per heavy atom. The maximum atomic E-state index is 6.06. The first kappa shape index (κ1) is 14.0. The average molecular weight is 279 g/mol. The van der Waals surface area contributed by atoms with Gasteiger partial charge in [-0.2, -0.15) is 4.98 Å². The highest BCUT2D eigenvalue weighted by atomic mass is 16.5. The lowest BCUT2D eigenvalue weighted by Gasteiger charge is -2.33. The fraction of sp³-hybridized carbons (Fsp3) is 0.867. The highest BCUT2D eigenvalue weighted by Crippen LogP contribution is 2.40. The Balaban J connectivity index is 1.83. The third kappa shape index (κ3) is 2.49. The van der Waals surface area contributed by atoms with Crippen molar-refractivity contribution in [2.45, 2.75) is 57.5 Å². The van der Waals surface area contributed by atoms with E-state index in [1.165, 1.54) is 19.3 Å². The molecule has 1 aromatic heterocycles. The largest absolute Gasteiger partial charge is 0.367 e. The molecule has 0 aromatic carbocycles. The van der Waals surface area contributed by atoms with E-state index in [2.05, 4.69) is 17.4 Å². The molecule has 5 nitrogen and oxygen atoms in total. The van der Waals surface area contributed by atoms with E-state index in [4.69, 9.17) is 14.2 Å². The number of ether oxygens (including phenoxy) is 1. The van der Waals surface area contributed by atoms with E-state index in [9.17, 15) is 0 Å². The average Bonchev–Trinajstić information content (AvgIpc) is 3.08. The minimum atomic E-state index is -0.302. The molecule has 1 aromatic rings. The van der Waals surface area contributed by atoms with E-state index in [-0.39, 0.29) is 5.60 Å². The van der Waals surface area contributed by atoms with Gasteiger partial charge in [0.25, 0.3) is 0 Å². The van der Waals surface area contributed by atoms with Gasteiger partial charge in [0, 0.05) is 13.2 Å². The van der Waals surface area contributed by atoms with E-state index in [0.29, 0.717) is 18.4 Å². The van der Waals surface area contributed by atoms with Crippen molar-refractivity contribution in [3.63, 3.8) is 0 Å². The van der Waals surface area contributed by atoms with Crippen LogP contribution in [0, 0.1) is 5.92 Å². The fourth-order valence-electron chi connectivity index (χ4n) is 3.54. The van der Waals surface area contributed by atoms with Crippen LogP contribution in [0.15, 0.2) is 4.52 Å². The maximum absolute atomic E-state index is 6.06. The first-order valence-corrected chi connectivity index (χ1v) is 7.94. The Morgan fingerprint density at radius 2 is 2.10 bits per heavy atom. The van der Waals surface area contributed by atoms with Crippen molar-refractivity contribution in [1.29, 1.82) is 0 Å². The van der Waals surface area contributed by atoms with Gasteiger partial charge in [-0.3, -0.25) is 0 Å².